The monoisotopic (exact) mass is 483 g/mol. The van der Waals surface area contributed by atoms with E-state index in [1.165, 1.54) is 11.3 Å². The summed E-state index contributed by atoms with van der Waals surface area (Å²) in [5, 5.41) is 11.8. The van der Waals surface area contributed by atoms with Gasteiger partial charge in [-0.1, -0.05) is 13.8 Å². The number of nitrogens with one attached hydrogen (secondary N) is 1. The Bertz CT molecular complexity index is 958. The molecule has 32 heavy (non-hydrogen) atoms. The summed E-state index contributed by atoms with van der Waals surface area (Å²) >= 11 is 1.22. The van der Waals surface area contributed by atoms with Crippen LogP contribution in [0, 0.1) is 0 Å². The van der Waals surface area contributed by atoms with Gasteiger partial charge in [-0.15, -0.1) is 11.3 Å². The first kappa shape index (κ1) is 24.9. The number of sulfonamides is 1. The maximum absolute atomic E-state index is 13.0. The number of morpholine rings is 1. The third-order valence-corrected chi connectivity index (χ3v) is 7.76. The summed E-state index contributed by atoms with van der Waals surface area (Å²) in [7, 11) is -3.77. The van der Waals surface area contributed by atoms with Gasteiger partial charge in [0.25, 0.3) is 10.0 Å². The molecular weight excluding hydrogens is 450 g/mol. The van der Waals surface area contributed by atoms with Crippen LogP contribution in [0.4, 0.5) is 5.13 Å². The topological polar surface area (TPSA) is 101 Å². The molecule has 10 heteroatoms. The molecule has 0 radical (unpaired) electrons. The first-order valence-electron chi connectivity index (χ1n) is 11.1. The van der Waals surface area contributed by atoms with Crippen LogP contribution >= 0.6 is 11.3 Å². The number of nitrogens with zero attached hydrogens (tertiary/aromatic N) is 2. The summed E-state index contributed by atoms with van der Waals surface area (Å²) in [6.07, 6.45) is 2.02. The van der Waals surface area contributed by atoms with E-state index in [2.05, 4.69) is 14.6 Å². The lowest BCUT2D eigenvalue weighted by Gasteiger charge is -2.26. The molecule has 0 saturated carbocycles. The summed E-state index contributed by atoms with van der Waals surface area (Å²) in [6, 6.07) is 5.09. The standard InChI is InChI=1S/C22H33N3O5S2/c1-3-17-14-20(30-11-5-8-25-9-12-29-13-10-25)6-7-21(17)32(27,28)24-22-23-18(16-31-22)15-19(26)4-2/h6-7,14,16,19,26H,3-5,8-13,15H2,1-2H3,(H,23,24). The molecule has 3 rings (SSSR count). The van der Waals surface area contributed by atoms with Crippen molar-refractivity contribution in [1.82, 2.24) is 9.88 Å². The van der Waals surface area contributed by atoms with E-state index < -0.39 is 16.1 Å². The van der Waals surface area contributed by atoms with E-state index in [0.717, 1.165) is 39.3 Å². The smallest absolute Gasteiger partial charge is 0.263 e. The molecule has 0 bridgehead atoms. The number of rotatable bonds is 12. The first-order valence-corrected chi connectivity index (χ1v) is 13.5. The zero-order valence-corrected chi connectivity index (χ0v) is 20.4. The van der Waals surface area contributed by atoms with Gasteiger partial charge < -0.3 is 14.6 Å². The molecule has 0 aliphatic carbocycles. The molecule has 2 aromatic rings. The summed E-state index contributed by atoms with van der Waals surface area (Å²) in [5.41, 5.74) is 1.37. The molecule has 1 aliphatic heterocycles. The molecule has 1 aromatic carbocycles. The van der Waals surface area contributed by atoms with E-state index in [9.17, 15) is 13.5 Å². The van der Waals surface area contributed by atoms with Crippen LogP contribution in [0.5, 0.6) is 5.75 Å². The largest absolute Gasteiger partial charge is 0.494 e. The molecule has 1 aromatic heterocycles. The van der Waals surface area contributed by atoms with E-state index in [-0.39, 0.29) is 4.90 Å². The minimum absolute atomic E-state index is 0.228. The lowest BCUT2D eigenvalue weighted by Crippen LogP contribution is -2.37. The minimum atomic E-state index is -3.77. The van der Waals surface area contributed by atoms with Crippen molar-refractivity contribution in [2.45, 2.75) is 50.5 Å². The van der Waals surface area contributed by atoms with Gasteiger partial charge >= 0.3 is 0 Å². The molecule has 1 atom stereocenters. The zero-order chi connectivity index (χ0) is 23.0. The number of hydrogen-bond donors (Lipinski definition) is 2. The molecular formula is C22H33N3O5S2. The first-order chi connectivity index (χ1) is 15.4. The second kappa shape index (κ2) is 11.9. The van der Waals surface area contributed by atoms with E-state index in [0.29, 0.717) is 48.0 Å². The highest BCUT2D eigenvalue weighted by molar-refractivity contribution is 7.93. The van der Waals surface area contributed by atoms with E-state index in [1.807, 2.05) is 13.8 Å². The maximum Gasteiger partial charge on any atom is 0.263 e. The Hall–Kier alpha value is -1.72. The van der Waals surface area contributed by atoms with Crippen LogP contribution in [0.1, 0.15) is 37.9 Å². The van der Waals surface area contributed by atoms with Crippen molar-refractivity contribution in [2.75, 3.05) is 44.2 Å². The fourth-order valence-corrected chi connectivity index (χ4v) is 5.76. The van der Waals surface area contributed by atoms with Gasteiger partial charge in [-0.05, 0) is 43.0 Å². The van der Waals surface area contributed by atoms with Gasteiger partial charge in [0.2, 0.25) is 0 Å². The predicted octanol–water partition coefficient (Wildman–Crippen LogP) is 2.92. The normalized spacial score (nSPS) is 16.1. The number of aliphatic hydroxyl groups is 1. The van der Waals surface area contributed by atoms with E-state index in [4.69, 9.17) is 9.47 Å². The van der Waals surface area contributed by atoms with Gasteiger partial charge in [-0.25, -0.2) is 13.4 Å². The highest BCUT2D eigenvalue weighted by Gasteiger charge is 2.20. The molecule has 0 spiro atoms. The van der Waals surface area contributed by atoms with Gasteiger partial charge in [-0.2, -0.15) is 0 Å². The number of hydrogen-bond acceptors (Lipinski definition) is 8. The van der Waals surface area contributed by atoms with Crippen LogP contribution in [-0.4, -0.2) is 69.0 Å². The molecule has 8 nitrogen and oxygen atoms in total. The van der Waals surface area contributed by atoms with E-state index in [1.54, 1.807) is 23.6 Å². The van der Waals surface area contributed by atoms with Gasteiger partial charge in [-0.3, -0.25) is 9.62 Å². The number of aromatic nitrogens is 1. The van der Waals surface area contributed by atoms with Gasteiger partial charge in [0.1, 0.15) is 5.75 Å². The van der Waals surface area contributed by atoms with Gasteiger partial charge in [0.15, 0.2) is 5.13 Å². The zero-order valence-electron chi connectivity index (χ0n) is 18.7. The second-order valence-corrected chi connectivity index (χ2v) is 10.3. The Morgan fingerprint density at radius 2 is 2.09 bits per heavy atom. The van der Waals surface area contributed by atoms with Crippen molar-refractivity contribution in [2.24, 2.45) is 0 Å². The SMILES string of the molecule is CCc1cc(OCCCN2CCOCC2)ccc1S(=O)(=O)Nc1nc(CC(O)CC)cs1. The lowest BCUT2D eigenvalue weighted by atomic mass is 10.1. The van der Waals surface area contributed by atoms with Crippen LogP contribution in [0.2, 0.25) is 0 Å². The number of anilines is 1. The lowest BCUT2D eigenvalue weighted by molar-refractivity contribution is 0.0358. The number of aliphatic hydroxyl groups excluding tert-OH is 1. The second-order valence-electron chi connectivity index (χ2n) is 7.79. The van der Waals surface area contributed by atoms with Crippen LogP contribution in [0.3, 0.4) is 0 Å². The Labute approximate surface area is 194 Å². The Balaban J connectivity index is 1.59. The van der Waals surface area contributed by atoms with Crippen molar-refractivity contribution in [3.05, 3.63) is 34.8 Å². The molecule has 1 aliphatic rings. The van der Waals surface area contributed by atoms with Crippen molar-refractivity contribution < 1.29 is 23.0 Å². The minimum Gasteiger partial charge on any atom is -0.494 e. The number of aryl methyl sites for hydroxylation is 1. The fraction of sp³-hybridized carbons (Fsp3) is 0.591. The average molecular weight is 484 g/mol. The van der Waals surface area contributed by atoms with Crippen LogP contribution < -0.4 is 9.46 Å². The van der Waals surface area contributed by atoms with Gasteiger partial charge in [0.05, 0.1) is 36.5 Å². The Morgan fingerprint density at radius 1 is 1.31 bits per heavy atom. The van der Waals surface area contributed by atoms with E-state index >= 15 is 0 Å². The maximum atomic E-state index is 13.0. The fourth-order valence-electron chi connectivity index (χ4n) is 3.49. The molecule has 178 valence electrons. The molecule has 1 fully saturated rings. The number of benzene rings is 1. The summed E-state index contributed by atoms with van der Waals surface area (Å²) in [6.45, 7) is 8.84. The highest BCUT2D eigenvalue weighted by atomic mass is 32.2. The molecule has 1 saturated heterocycles. The van der Waals surface area contributed by atoms with Crippen LogP contribution in [-0.2, 0) is 27.6 Å². The Kier molecular flexibility index (Phi) is 9.30. The van der Waals surface area contributed by atoms with Crippen LogP contribution in [0.15, 0.2) is 28.5 Å². The van der Waals surface area contributed by atoms with Crippen LogP contribution in [0.25, 0.3) is 0 Å². The highest BCUT2D eigenvalue weighted by Crippen LogP contribution is 2.26. The molecule has 2 heterocycles. The molecule has 0 amide bonds. The van der Waals surface area contributed by atoms with Gasteiger partial charge in [0, 0.05) is 31.4 Å². The third kappa shape index (κ3) is 7.14. The van der Waals surface area contributed by atoms with Crippen molar-refractivity contribution in [3.63, 3.8) is 0 Å². The third-order valence-electron chi connectivity index (χ3n) is 5.38. The molecule has 2 N–H and O–H groups in total. The number of ether oxygens (including phenoxy) is 2. The quantitative estimate of drug-likeness (QED) is 0.448. The van der Waals surface area contributed by atoms with Crippen molar-refractivity contribution in [1.29, 1.82) is 0 Å². The Morgan fingerprint density at radius 3 is 2.81 bits per heavy atom. The average Bonchev–Trinajstić information content (AvgIpc) is 3.22. The predicted molar refractivity (Wildman–Crippen MR) is 126 cm³/mol. The van der Waals surface area contributed by atoms with Crippen molar-refractivity contribution in [3.8, 4) is 5.75 Å². The summed E-state index contributed by atoms with van der Waals surface area (Å²) in [5.74, 6) is 0.674. The van der Waals surface area contributed by atoms with Crippen molar-refractivity contribution >= 4 is 26.5 Å². The summed E-state index contributed by atoms with van der Waals surface area (Å²) < 4.78 is 39.7. The summed E-state index contributed by atoms with van der Waals surface area (Å²) in [4.78, 5) is 6.89. The molecule has 1 unspecified atom stereocenters. The number of thiazole rings is 1.